The van der Waals surface area contributed by atoms with Crippen LogP contribution < -0.4 is 4.72 Å². The topological polar surface area (TPSA) is 59.1 Å². The van der Waals surface area contributed by atoms with Crippen molar-refractivity contribution >= 4 is 80.5 Å². The lowest BCUT2D eigenvalue weighted by atomic mass is 10.3. The summed E-state index contributed by atoms with van der Waals surface area (Å²) >= 11 is 9.21. The molecule has 104 valence electrons. The number of hydrogen-bond donors (Lipinski definition) is 1. The average molecular weight is 454 g/mol. The van der Waals surface area contributed by atoms with E-state index in [1.54, 1.807) is 29.8 Å². The molecule has 0 spiro atoms. The van der Waals surface area contributed by atoms with Gasteiger partial charge < -0.3 is 0 Å². The molecule has 0 atom stereocenters. The fraction of sp³-hybridized carbons (Fsp3) is 0. The summed E-state index contributed by atoms with van der Waals surface area (Å²) in [5.74, 6) is 0. The fourth-order valence-corrected chi connectivity index (χ4v) is 6.17. The molecule has 3 rings (SSSR count). The summed E-state index contributed by atoms with van der Waals surface area (Å²) in [5, 5.41) is 0. The molecule has 9 heteroatoms. The Morgan fingerprint density at radius 3 is 2.70 bits per heavy atom. The summed E-state index contributed by atoms with van der Waals surface area (Å²) in [5.41, 5.74) is 3.12. The van der Waals surface area contributed by atoms with Gasteiger partial charge in [0.2, 0.25) is 0 Å². The summed E-state index contributed by atoms with van der Waals surface area (Å²) in [7, 11) is -3.57. The van der Waals surface area contributed by atoms with Crippen LogP contribution in [0.5, 0.6) is 0 Å². The van der Waals surface area contributed by atoms with Gasteiger partial charge in [0.25, 0.3) is 10.0 Å². The van der Waals surface area contributed by atoms with Gasteiger partial charge in [0.15, 0.2) is 0 Å². The van der Waals surface area contributed by atoms with E-state index < -0.39 is 10.0 Å². The Morgan fingerprint density at radius 2 is 2.00 bits per heavy atom. The summed E-state index contributed by atoms with van der Waals surface area (Å²) in [4.78, 5) is 4.16. The Hall–Kier alpha value is -0.480. The summed E-state index contributed by atoms with van der Waals surface area (Å²) < 4.78 is 29.8. The Kier molecular flexibility index (Phi) is 3.89. The quantitative estimate of drug-likeness (QED) is 0.626. The van der Waals surface area contributed by atoms with Gasteiger partial charge in [0, 0.05) is 4.47 Å². The number of anilines is 1. The lowest BCUT2D eigenvalue weighted by Crippen LogP contribution is -2.11. The van der Waals surface area contributed by atoms with Gasteiger partial charge in [-0.15, -0.1) is 22.7 Å². The minimum absolute atomic E-state index is 0.251. The number of nitrogens with one attached hydrogen (secondary N) is 1. The lowest BCUT2D eigenvalue weighted by molar-refractivity contribution is 0.603. The van der Waals surface area contributed by atoms with Gasteiger partial charge in [-0.2, -0.15) is 0 Å². The third-order valence-electron chi connectivity index (χ3n) is 2.47. The zero-order valence-electron chi connectivity index (χ0n) is 9.63. The largest absolute Gasteiger partial charge is 0.279 e. The number of thiazole rings is 1. The molecule has 3 aromatic rings. The maximum atomic E-state index is 12.3. The number of rotatable bonds is 3. The number of fused-ring (bicyclic) bond motifs is 1. The van der Waals surface area contributed by atoms with Gasteiger partial charge in [-0.05, 0) is 56.1 Å². The molecule has 0 aliphatic rings. The van der Waals surface area contributed by atoms with Gasteiger partial charge >= 0.3 is 0 Å². The fourth-order valence-electron chi connectivity index (χ4n) is 1.58. The third kappa shape index (κ3) is 2.77. The molecular weight excluding hydrogens is 448 g/mol. The Bertz CT molecular complexity index is 867. The second-order valence-electron chi connectivity index (χ2n) is 3.83. The minimum Gasteiger partial charge on any atom is -0.279 e. The van der Waals surface area contributed by atoms with Gasteiger partial charge in [0.05, 0.1) is 25.2 Å². The first kappa shape index (κ1) is 14.5. The summed E-state index contributed by atoms with van der Waals surface area (Å²) in [6, 6.07) is 6.85. The average Bonchev–Trinajstić information content (AvgIpc) is 2.96. The molecule has 0 radical (unpaired) electrons. The molecule has 1 N–H and O–H groups in total. The monoisotopic (exact) mass is 452 g/mol. The van der Waals surface area contributed by atoms with Crippen molar-refractivity contribution in [2.45, 2.75) is 4.21 Å². The normalized spacial score (nSPS) is 11.9. The van der Waals surface area contributed by atoms with E-state index in [9.17, 15) is 8.42 Å². The number of aromatic nitrogens is 1. The van der Waals surface area contributed by atoms with Crippen molar-refractivity contribution in [1.29, 1.82) is 0 Å². The SMILES string of the molecule is O=S(=O)(Nc1ccc2ncsc2c1)c1cc(Br)c(Br)s1. The molecule has 4 nitrogen and oxygen atoms in total. The Morgan fingerprint density at radius 1 is 1.20 bits per heavy atom. The van der Waals surface area contributed by atoms with Crippen LogP contribution in [0, 0.1) is 0 Å². The van der Waals surface area contributed by atoms with E-state index in [0.29, 0.717) is 5.69 Å². The Labute approximate surface area is 140 Å². The van der Waals surface area contributed by atoms with E-state index in [1.165, 1.54) is 11.3 Å². The van der Waals surface area contributed by atoms with Gasteiger partial charge in [-0.25, -0.2) is 13.4 Å². The van der Waals surface area contributed by atoms with E-state index in [4.69, 9.17) is 0 Å². The van der Waals surface area contributed by atoms with E-state index in [0.717, 1.165) is 29.8 Å². The molecule has 0 bridgehead atoms. The molecular formula is C11H6Br2N2O2S3. The highest BCUT2D eigenvalue weighted by molar-refractivity contribution is 9.13. The molecule has 20 heavy (non-hydrogen) atoms. The van der Waals surface area contributed by atoms with Crippen LogP contribution >= 0.6 is 54.5 Å². The van der Waals surface area contributed by atoms with Gasteiger partial charge in [-0.1, -0.05) is 0 Å². The van der Waals surface area contributed by atoms with Crippen LogP contribution in [0.25, 0.3) is 10.2 Å². The van der Waals surface area contributed by atoms with Crippen LogP contribution in [0.3, 0.4) is 0 Å². The number of halogens is 2. The molecule has 1 aromatic carbocycles. The Balaban J connectivity index is 1.96. The van der Waals surface area contributed by atoms with Crippen molar-refractivity contribution in [3.8, 4) is 0 Å². The molecule has 0 saturated carbocycles. The summed E-state index contributed by atoms with van der Waals surface area (Å²) in [6.45, 7) is 0. The highest BCUT2D eigenvalue weighted by Crippen LogP contribution is 2.35. The van der Waals surface area contributed by atoms with E-state index in [1.807, 2.05) is 0 Å². The highest BCUT2D eigenvalue weighted by atomic mass is 79.9. The third-order valence-corrected chi connectivity index (χ3v) is 8.37. The second kappa shape index (κ2) is 5.38. The first-order valence-electron chi connectivity index (χ1n) is 5.26. The van der Waals surface area contributed by atoms with Crippen molar-refractivity contribution in [3.63, 3.8) is 0 Å². The number of benzene rings is 1. The van der Waals surface area contributed by atoms with Crippen LogP contribution in [0.1, 0.15) is 0 Å². The van der Waals surface area contributed by atoms with Gasteiger partial charge in [0.1, 0.15) is 4.21 Å². The first-order valence-corrected chi connectivity index (χ1v) is 10.0. The molecule has 0 amide bonds. The molecule has 0 saturated heterocycles. The van der Waals surface area contributed by atoms with Crippen LogP contribution in [-0.2, 0) is 10.0 Å². The molecule has 2 heterocycles. The molecule has 0 fully saturated rings. The van der Waals surface area contributed by atoms with Crippen molar-refractivity contribution in [2.75, 3.05) is 4.72 Å². The molecule has 0 unspecified atom stereocenters. The predicted octanol–water partition coefficient (Wildman–Crippen LogP) is 4.68. The second-order valence-corrected chi connectivity index (χ2v) is 9.85. The van der Waals surface area contributed by atoms with Crippen LogP contribution in [0.4, 0.5) is 5.69 Å². The molecule has 2 aromatic heterocycles. The maximum absolute atomic E-state index is 12.3. The number of sulfonamides is 1. The standard InChI is InChI=1S/C11H6Br2N2O2S3/c12-7-4-10(19-11(7)13)20(16,17)15-6-1-2-8-9(3-6)18-5-14-8/h1-5,15H. The van der Waals surface area contributed by atoms with Crippen LogP contribution in [-0.4, -0.2) is 13.4 Å². The van der Waals surface area contributed by atoms with E-state index in [2.05, 4.69) is 41.6 Å². The number of thiophene rings is 1. The molecule has 0 aliphatic heterocycles. The van der Waals surface area contributed by atoms with Gasteiger partial charge in [-0.3, -0.25) is 4.72 Å². The van der Waals surface area contributed by atoms with Crippen molar-refractivity contribution in [1.82, 2.24) is 4.98 Å². The number of nitrogens with zero attached hydrogens (tertiary/aromatic N) is 1. The zero-order chi connectivity index (χ0) is 14.3. The van der Waals surface area contributed by atoms with E-state index >= 15 is 0 Å². The lowest BCUT2D eigenvalue weighted by Gasteiger charge is -2.05. The van der Waals surface area contributed by atoms with Crippen molar-refractivity contribution in [3.05, 3.63) is 38.0 Å². The van der Waals surface area contributed by atoms with Crippen molar-refractivity contribution < 1.29 is 8.42 Å². The smallest absolute Gasteiger partial charge is 0.271 e. The molecule has 0 aliphatic carbocycles. The minimum atomic E-state index is -3.57. The first-order chi connectivity index (χ1) is 9.45. The summed E-state index contributed by atoms with van der Waals surface area (Å²) in [6.07, 6.45) is 0. The maximum Gasteiger partial charge on any atom is 0.271 e. The highest BCUT2D eigenvalue weighted by Gasteiger charge is 2.19. The predicted molar refractivity (Wildman–Crippen MR) is 90.1 cm³/mol. The zero-order valence-corrected chi connectivity index (χ0v) is 15.3. The van der Waals surface area contributed by atoms with Crippen molar-refractivity contribution in [2.24, 2.45) is 0 Å². The van der Waals surface area contributed by atoms with Crippen LogP contribution in [0.2, 0.25) is 0 Å². The number of hydrogen-bond acceptors (Lipinski definition) is 5. The van der Waals surface area contributed by atoms with E-state index in [-0.39, 0.29) is 4.21 Å². The van der Waals surface area contributed by atoms with Crippen LogP contribution in [0.15, 0.2) is 42.2 Å².